The van der Waals surface area contributed by atoms with Gasteiger partial charge in [-0.2, -0.15) is 0 Å². The molecular weight excluding hydrogens is 472 g/mol. The fraction of sp³-hybridized carbons (Fsp3) is 0.517. The molecule has 2 aromatic carbocycles. The van der Waals surface area contributed by atoms with E-state index < -0.39 is 36.4 Å². The van der Waals surface area contributed by atoms with E-state index in [1.54, 1.807) is 12.0 Å². The van der Waals surface area contributed by atoms with Gasteiger partial charge in [0.25, 0.3) is 0 Å². The van der Waals surface area contributed by atoms with Crippen molar-refractivity contribution in [2.75, 3.05) is 12.0 Å². The number of carbonyl (C=O) groups excluding carboxylic acids is 2. The summed E-state index contributed by atoms with van der Waals surface area (Å²) in [5.74, 6) is -1.06. The lowest BCUT2D eigenvalue weighted by molar-refractivity contribution is -0.223. The Bertz CT molecular complexity index is 1110. The van der Waals surface area contributed by atoms with Gasteiger partial charge in [-0.25, -0.2) is 9.69 Å². The Labute approximate surface area is 218 Å². The first-order valence-corrected chi connectivity index (χ1v) is 13.1. The zero-order valence-electron chi connectivity index (χ0n) is 22.0. The number of rotatable bonds is 8. The number of fused-ring (bicyclic) bond motifs is 1. The highest BCUT2D eigenvalue weighted by molar-refractivity contribution is 6.16. The minimum Gasteiger partial charge on any atom is -0.376 e. The van der Waals surface area contributed by atoms with Crippen molar-refractivity contribution in [3.63, 3.8) is 0 Å². The van der Waals surface area contributed by atoms with Crippen LogP contribution in [0.3, 0.4) is 0 Å². The summed E-state index contributed by atoms with van der Waals surface area (Å²) in [5.41, 5.74) is 2.73. The van der Waals surface area contributed by atoms with Gasteiger partial charge < -0.3 is 23.8 Å². The second-order valence-corrected chi connectivity index (χ2v) is 10.4. The first-order chi connectivity index (χ1) is 17.8. The van der Waals surface area contributed by atoms with E-state index >= 15 is 0 Å². The SMILES string of the molecule is CCCCc1ccc(N2C(=O)C[C@@H]([C@H]3O[C@@H]4OC(C)(C)O[C@@H]4[C@H]3OC)N(Cc3ccccc3)C2=O)cc1. The molecule has 3 aliphatic heterocycles. The number of nitrogens with zero attached hydrogens (tertiary/aromatic N) is 2. The van der Waals surface area contributed by atoms with Gasteiger partial charge in [-0.3, -0.25) is 4.79 Å². The van der Waals surface area contributed by atoms with E-state index in [-0.39, 0.29) is 18.4 Å². The molecule has 2 aromatic rings. The predicted molar refractivity (Wildman–Crippen MR) is 138 cm³/mol. The molecule has 8 nitrogen and oxygen atoms in total. The Morgan fingerprint density at radius 3 is 2.38 bits per heavy atom. The Hall–Kier alpha value is -2.78. The van der Waals surface area contributed by atoms with E-state index in [4.69, 9.17) is 18.9 Å². The Balaban J connectivity index is 1.44. The molecule has 3 saturated heterocycles. The molecule has 0 bridgehead atoms. The van der Waals surface area contributed by atoms with Gasteiger partial charge in [-0.05, 0) is 49.9 Å². The van der Waals surface area contributed by atoms with E-state index in [0.717, 1.165) is 24.8 Å². The van der Waals surface area contributed by atoms with Gasteiger partial charge in [-0.1, -0.05) is 55.8 Å². The molecule has 8 heteroatoms. The summed E-state index contributed by atoms with van der Waals surface area (Å²) in [6.45, 7) is 6.15. The van der Waals surface area contributed by atoms with Crippen molar-refractivity contribution in [3.8, 4) is 0 Å². The summed E-state index contributed by atoms with van der Waals surface area (Å²) in [6, 6.07) is 16.6. The Kier molecular flexibility index (Phi) is 7.36. The van der Waals surface area contributed by atoms with Crippen LogP contribution in [0.25, 0.3) is 0 Å². The first-order valence-electron chi connectivity index (χ1n) is 13.1. The van der Waals surface area contributed by atoms with Crippen LogP contribution < -0.4 is 4.90 Å². The van der Waals surface area contributed by atoms with Gasteiger partial charge in [0.2, 0.25) is 5.91 Å². The number of benzene rings is 2. The average molecular weight is 509 g/mol. The number of ether oxygens (including phenoxy) is 4. The minimum atomic E-state index is -0.793. The number of amides is 3. The Morgan fingerprint density at radius 1 is 0.973 bits per heavy atom. The summed E-state index contributed by atoms with van der Waals surface area (Å²) in [6.07, 6.45) is 1.16. The third-order valence-corrected chi connectivity index (χ3v) is 7.36. The second-order valence-electron chi connectivity index (χ2n) is 10.4. The molecule has 5 rings (SSSR count). The monoisotopic (exact) mass is 508 g/mol. The molecule has 198 valence electrons. The highest BCUT2D eigenvalue weighted by Gasteiger charge is 2.59. The van der Waals surface area contributed by atoms with E-state index in [2.05, 4.69) is 6.92 Å². The number of urea groups is 1. The van der Waals surface area contributed by atoms with Crippen LogP contribution in [0.2, 0.25) is 0 Å². The van der Waals surface area contributed by atoms with Crippen LogP contribution in [0.4, 0.5) is 10.5 Å². The summed E-state index contributed by atoms with van der Waals surface area (Å²) in [7, 11) is 1.60. The summed E-state index contributed by atoms with van der Waals surface area (Å²) < 4.78 is 24.1. The molecule has 3 amide bonds. The van der Waals surface area contributed by atoms with Crippen molar-refractivity contribution >= 4 is 17.6 Å². The number of imide groups is 1. The molecule has 0 radical (unpaired) electrons. The molecule has 0 aromatic heterocycles. The number of unbranched alkanes of at least 4 members (excludes halogenated alkanes) is 1. The highest BCUT2D eigenvalue weighted by Crippen LogP contribution is 2.42. The van der Waals surface area contributed by atoms with Crippen molar-refractivity contribution in [3.05, 3.63) is 65.7 Å². The van der Waals surface area contributed by atoms with E-state index in [1.807, 2.05) is 68.4 Å². The molecule has 3 fully saturated rings. The molecule has 5 atom stereocenters. The molecule has 3 heterocycles. The molecule has 0 aliphatic carbocycles. The lowest BCUT2D eigenvalue weighted by atomic mass is 9.95. The molecule has 0 N–H and O–H groups in total. The third kappa shape index (κ3) is 5.16. The zero-order chi connectivity index (χ0) is 26.2. The maximum Gasteiger partial charge on any atom is 0.332 e. The number of hydrogen-bond donors (Lipinski definition) is 0. The molecule has 0 unspecified atom stereocenters. The quantitative estimate of drug-likeness (QED) is 0.517. The molecular formula is C29H36N2O6. The largest absolute Gasteiger partial charge is 0.376 e. The number of anilines is 1. The standard InChI is InChI=1S/C29H36N2O6/c1-5-6-10-19-13-15-21(16-14-19)31-23(32)17-22(30(28(31)33)18-20-11-8-7-9-12-20)24-25(34-4)26-27(35-24)37-29(2,3)36-26/h7-9,11-16,22,24-27H,5-6,10,17-18H2,1-4H3/t22-,24+,25-,26+,27+/m0/s1. The molecule has 0 spiro atoms. The van der Waals surface area contributed by atoms with Crippen LogP contribution in [0.1, 0.15) is 51.2 Å². The number of methoxy groups -OCH3 is 1. The van der Waals surface area contributed by atoms with Crippen LogP contribution in [0.5, 0.6) is 0 Å². The van der Waals surface area contributed by atoms with E-state index in [9.17, 15) is 9.59 Å². The van der Waals surface area contributed by atoms with E-state index in [0.29, 0.717) is 12.2 Å². The lowest BCUT2D eigenvalue weighted by Gasteiger charge is -2.43. The summed E-state index contributed by atoms with van der Waals surface area (Å²) >= 11 is 0. The fourth-order valence-corrected chi connectivity index (χ4v) is 5.55. The van der Waals surface area contributed by atoms with Crippen LogP contribution in [0, 0.1) is 0 Å². The average Bonchev–Trinajstić information content (AvgIpc) is 3.36. The minimum absolute atomic E-state index is 0.101. The Morgan fingerprint density at radius 2 is 1.70 bits per heavy atom. The zero-order valence-corrected chi connectivity index (χ0v) is 22.0. The summed E-state index contributed by atoms with van der Waals surface area (Å²) in [4.78, 5) is 30.5. The van der Waals surface area contributed by atoms with Crippen LogP contribution in [-0.2, 0) is 36.7 Å². The third-order valence-electron chi connectivity index (χ3n) is 7.36. The van der Waals surface area contributed by atoms with Gasteiger partial charge in [-0.15, -0.1) is 0 Å². The highest BCUT2D eigenvalue weighted by atomic mass is 16.8. The van der Waals surface area contributed by atoms with Crippen molar-refractivity contribution in [1.29, 1.82) is 0 Å². The topological polar surface area (TPSA) is 77.5 Å². The van der Waals surface area contributed by atoms with Crippen LogP contribution in [-0.4, -0.2) is 60.4 Å². The number of carbonyl (C=O) groups is 2. The van der Waals surface area contributed by atoms with Gasteiger partial charge >= 0.3 is 6.03 Å². The van der Waals surface area contributed by atoms with Gasteiger partial charge in [0.15, 0.2) is 12.1 Å². The molecule has 3 aliphatic rings. The van der Waals surface area contributed by atoms with E-state index in [1.165, 1.54) is 10.5 Å². The lowest BCUT2D eigenvalue weighted by Crippen LogP contribution is -2.62. The van der Waals surface area contributed by atoms with Gasteiger partial charge in [0.05, 0.1) is 18.2 Å². The smallest absolute Gasteiger partial charge is 0.332 e. The number of aryl methyl sites for hydroxylation is 1. The number of hydrogen-bond acceptors (Lipinski definition) is 6. The molecule has 0 saturated carbocycles. The normalized spacial score (nSPS) is 29.1. The second kappa shape index (κ2) is 10.5. The van der Waals surface area contributed by atoms with Crippen LogP contribution in [0.15, 0.2) is 54.6 Å². The predicted octanol–water partition coefficient (Wildman–Crippen LogP) is 4.65. The summed E-state index contributed by atoms with van der Waals surface area (Å²) in [5, 5.41) is 0. The van der Waals surface area contributed by atoms with Crippen molar-refractivity contribution < 1.29 is 28.5 Å². The van der Waals surface area contributed by atoms with Crippen molar-refractivity contribution in [1.82, 2.24) is 4.90 Å². The van der Waals surface area contributed by atoms with Crippen LogP contribution >= 0.6 is 0 Å². The molecule has 37 heavy (non-hydrogen) atoms. The van der Waals surface area contributed by atoms with Gasteiger partial charge in [0.1, 0.15) is 18.3 Å². The maximum absolute atomic E-state index is 14.0. The first kappa shape index (κ1) is 25.9. The van der Waals surface area contributed by atoms with Gasteiger partial charge in [0, 0.05) is 13.7 Å². The fourth-order valence-electron chi connectivity index (χ4n) is 5.55. The van der Waals surface area contributed by atoms with Crippen molar-refractivity contribution in [2.24, 2.45) is 0 Å². The maximum atomic E-state index is 14.0. The van der Waals surface area contributed by atoms with Crippen molar-refractivity contribution in [2.45, 2.75) is 89.4 Å².